The largest absolute Gasteiger partial charge is 0.493 e. The predicted molar refractivity (Wildman–Crippen MR) is 148 cm³/mol. The molecule has 1 saturated heterocycles. The summed E-state index contributed by atoms with van der Waals surface area (Å²) in [6, 6.07) is 14.8. The van der Waals surface area contributed by atoms with Gasteiger partial charge in [-0.3, -0.25) is 29.9 Å². The quantitative estimate of drug-likeness (QED) is 0.124. The van der Waals surface area contributed by atoms with Gasteiger partial charge in [-0.05, 0) is 75.7 Å². The van der Waals surface area contributed by atoms with E-state index in [-0.39, 0.29) is 40.0 Å². The summed E-state index contributed by atoms with van der Waals surface area (Å²) in [4.78, 5) is 49.0. The number of nitro groups is 1. The molecule has 2 amide bonds. The van der Waals surface area contributed by atoms with Crippen molar-refractivity contribution in [2.45, 2.75) is 6.61 Å². The van der Waals surface area contributed by atoms with E-state index in [4.69, 9.17) is 21.7 Å². The number of benzene rings is 3. The van der Waals surface area contributed by atoms with E-state index in [0.29, 0.717) is 21.3 Å². The molecule has 0 atom stereocenters. The van der Waals surface area contributed by atoms with E-state index in [0.717, 1.165) is 4.90 Å². The number of carboxylic acid groups (broad SMARTS) is 1. The third kappa shape index (κ3) is 5.94. The number of carboxylic acids is 1. The molecule has 0 saturated carbocycles. The van der Waals surface area contributed by atoms with Crippen LogP contribution in [-0.4, -0.2) is 40.0 Å². The average molecular weight is 612 g/mol. The number of nitro benzene ring substituents is 1. The first-order chi connectivity index (χ1) is 18.6. The van der Waals surface area contributed by atoms with Crippen molar-refractivity contribution in [2.24, 2.45) is 0 Å². The standard InChI is InChI=1S/C26H18BrN3O8S/c1-37-21-11-15(10-20(27)22(21)38-13-14-4-2-7-18(8-14)30(35)36)9-19-23(31)28-26(39)29(24(19)32)17-6-3-5-16(12-17)25(33)34/h2-12H,13H2,1H3,(H,33,34)(H,28,31,39). The Morgan fingerprint density at radius 3 is 2.62 bits per heavy atom. The Kier molecular flexibility index (Phi) is 8.02. The van der Waals surface area contributed by atoms with Gasteiger partial charge in [0.2, 0.25) is 0 Å². The van der Waals surface area contributed by atoms with Gasteiger partial charge in [-0.15, -0.1) is 0 Å². The Morgan fingerprint density at radius 2 is 1.92 bits per heavy atom. The molecule has 1 fully saturated rings. The van der Waals surface area contributed by atoms with Crippen LogP contribution in [0.3, 0.4) is 0 Å². The van der Waals surface area contributed by atoms with Gasteiger partial charge in [0.25, 0.3) is 17.5 Å². The summed E-state index contributed by atoms with van der Waals surface area (Å²) in [6.45, 7) is 0.0137. The van der Waals surface area contributed by atoms with Crippen LogP contribution in [0.4, 0.5) is 11.4 Å². The highest BCUT2D eigenvalue weighted by Crippen LogP contribution is 2.38. The van der Waals surface area contributed by atoms with Crippen molar-refractivity contribution >= 4 is 68.5 Å². The van der Waals surface area contributed by atoms with E-state index >= 15 is 0 Å². The number of nitrogens with one attached hydrogen (secondary N) is 1. The van der Waals surface area contributed by atoms with Crippen LogP contribution in [0, 0.1) is 10.1 Å². The molecule has 39 heavy (non-hydrogen) atoms. The lowest BCUT2D eigenvalue weighted by molar-refractivity contribution is -0.384. The number of thiocarbonyl (C=S) groups is 1. The SMILES string of the molecule is COc1cc(C=C2C(=O)NC(=S)N(c3cccc(C(=O)O)c3)C2=O)cc(Br)c1OCc1cccc([N+](=O)[O-])c1. The van der Waals surface area contributed by atoms with Crippen LogP contribution in [-0.2, 0) is 16.2 Å². The maximum atomic E-state index is 13.3. The molecule has 1 aliphatic rings. The fraction of sp³-hybridized carbons (Fsp3) is 0.0769. The highest BCUT2D eigenvalue weighted by atomic mass is 79.9. The number of carbonyl (C=O) groups is 3. The molecule has 3 aromatic rings. The number of carbonyl (C=O) groups excluding carboxylic acids is 2. The molecule has 0 aromatic heterocycles. The summed E-state index contributed by atoms with van der Waals surface area (Å²) in [5, 5.41) is 22.6. The molecule has 0 bridgehead atoms. The Morgan fingerprint density at radius 1 is 1.18 bits per heavy atom. The van der Waals surface area contributed by atoms with Gasteiger partial charge in [0.1, 0.15) is 12.2 Å². The van der Waals surface area contributed by atoms with Gasteiger partial charge in [-0.2, -0.15) is 0 Å². The summed E-state index contributed by atoms with van der Waals surface area (Å²) in [6.07, 6.45) is 1.34. The molecule has 0 spiro atoms. The summed E-state index contributed by atoms with van der Waals surface area (Å²) in [7, 11) is 1.41. The lowest BCUT2D eigenvalue weighted by Gasteiger charge is -2.29. The van der Waals surface area contributed by atoms with E-state index in [9.17, 15) is 29.6 Å². The van der Waals surface area contributed by atoms with Crippen molar-refractivity contribution in [3.05, 3.63) is 97.5 Å². The molecule has 0 radical (unpaired) electrons. The molecule has 2 N–H and O–H groups in total. The summed E-state index contributed by atoms with van der Waals surface area (Å²) in [5.41, 5.74) is 0.787. The number of amides is 2. The van der Waals surface area contributed by atoms with Gasteiger partial charge in [-0.25, -0.2) is 4.79 Å². The van der Waals surface area contributed by atoms with Crippen LogP contribution in [0.1, 0.15) is 21.5 Å². The first kappa shape index (κ1) is 27.4. The van der Waals surface area contributed by atoms with Crippen molar-refractivity contribution < 1.29 is 33.9 Å². The van der Waals surface area contributed by atoms with Gasteiger partial charge >= 0.3 is 5.97 Å². The number of hydrogen-bond acceptors (Lipinski definition) is 8. The van der Waals surface area contributed by atoms with E-state index in [1.165, 1.54) is 49.6 Å². The van der Waals surface area contributed by atoms with Crippen LogP contribution in [0.5, 0.6) is 11.5 Å². The lowest BCUT2D eigenvalue weighted by Crippen LogP contribution is -2.54. The maximum absolute atomic E-state index is 13.3. The maximum Gasteiger partial charge on any atom is 0.335 e. The van der Waals surface area contributed by atoms with Crippen LogP contribution >= 0.6 is 28.1 Å². The molecule has 11 nitrogen and oxygen atoms in total. The predicted octanol–water partition coefficient (Wildman–Crippen LogP) is 4.47. The second-order valence-electron chi connectivity index (χ2n) is 8.06. The van der Waals surface area contributed by atoms with E-state index < -0.39 is 22.7 Å². The third-order valence-electron chi connectivity index (χ3n) is 5.52. The Labute approximate surface area is 234 Å². The number of non-ortho nitro benzene ring substituents is 1. The van der Waals surface area contributed by atoms with E-state index in [1.54, 1.807) is 24.3 Å². The summed E-state index contributed by atoms with van der Waals surface area (Å²) >= 11 is 8.59. The minimum Gasteiger partial charge on any atom is -0.493 e. The minimum atomic E-state index is -1.18. The van der Waals surface area contributed by atoms with E-state index in [1.807, 2.05) is 0 Å². The van der Waals surface area contributed by atoms with E-state index in [2.05, 4.69) is 21.2 Å². The molecule has 198 valence electrons. The van der Waals surface area contributed by atoms with Crippen molar-refractivity contribution in [1.29, 1.82) is 0 Å². The number of methoxy groups -OCH3 is 1. The number of aromatic carboxylic acids is 1. The zero-order valence-corrected chi connectivity index (χ0v) is 22.4. The number of halogens is 1. The highest BCUT2D eigenvalue weighted by molar-refractivity contribution is 9.10. The number of anilines is 1. The molecule has 1 aliphatic heterocycles. The Hall–Kier alpha value is -4.62. The van der Waals surface area contributed by atoms with Crippen LogP contribution in [0.25, 0.3) is 6.08 Å². The molecule has 0 aliphatic carbocycles. The second-order valence-corrected chi connectivity index (χ2v) is 9.30. The number of ether oxygens (including phenoxy) is 2. The van der Waals surface area contributed by atoms with Crippen molar-refractivity contribution in [3.63, 3.8) is 0 Å². The highest BCUT2D eigenvalue weighted by Gasteiger charge is 2.35. The molecule has 3 aromatic carbocycles. The minimum absolute atomic E-state index is 0.0137. The first-order valence-corrected chi connectivity index (χ1v) is 12.3. The van der Waals surface area contributed by atoms with Crippen molar-refractivity contribution in [2.75, 3.05) is 12.0 Å². The van der Waals surface area contributed by atoms with Crippen LogP contribution < -0.4 is 19.7 Å². The van der Waals surface area contributed by atoms with Gasteiger partial charge in [0.15, 0.2) is 16.6 Å². The van der Waals surface area contributed by atoms with Gasteiger partial charge in [0.05, 0.1) is 27.8 Å². The second kappa shape index (κ2) is 11.4. The Bertz CT molecular complexity index is 1570. The van der Waals surface area contributed by atoms with Gasteiger partial charge in [-0.1, -0.05) is 18.2 Å². The molecular weight excluding hydrogens is 594 g/mol. The smallest absolute Gasteiger partial charge is 0.335 e. The molecule has 4 rings (SSSR count). The molecule has 1 heterocycles. The Balaban J connectivity index is 1.64. The normalized spacial score (nSPS) is 14.3. The molecular formula is C26H18BrN3O8S. The van der Waals surface area contributed by atoms with Gasteiger partial charge < -0.3 is 14.6 Å². The zero-order valence-electron chi connectivity index (χ0n) is 20.0. The first-order valence-electron chi connectivity index (χ1n) is 11.1. The van der Waals surface area contributed by atoms with Crippen LogP contribution in [0.2, 0.25) is 0 Å². The molecule has 13 heteroatoms. The zero-order chi connectivity index (χ0) is 28.3. The summed E-state index contributed by atoms with van der Waals surface area (Å²) < 4.78 is 11.7. The number of rotatable bonds is 8. The fourth-order valence-corrected chi connectivity index (χ4v) is 4.57. The number of hydrogen-bond donors (Lipinski definition) is 2. The van der Waals surface area contributed by atoms with Crippen LogP contribution in [0.15, 0.2) is 70.7 Å². The van der Waals surface area contributed by atoms with Crippen molar-refractivity contribution in [3.8, 4) is 11.5 Å². The monoisotopic (exact) mass is 611 g/mol. The lowest BCUT2D eigenvalue weighted by atomic mass is 10.1. The summed E-state index contributed by atoms with van der Waals surface area (Å²) in [5.74, 6) is -2.08. The molecule has 0 unspecified atom stereocenters. The van der Waals surface area contributed by atoms with Gasteiger partial charge in [0, 0.05) is 12.1 Å². The third-order valence-corrected chi connectivity index (χ3v) is 6.39. The number of nitrogens with zero attached hydrogens (tertiary/aromatic N) is 2. The average Bonchev–Trinajstić information content (AvgIpc) is 2.90. The van der Waals surface area contributed by atoms with Crippen molar-refractivity contribution in [1.82, 2.24) is 5.32 Å². The fourth-order valence-electron chi connectivity index (χ4n) is 3.72. The topological polar surface area (TPSA) is 148 Å².